The zero-order chi connectivity index (χ0) is 26.8. The predicted molar refractivity (Wildman–Crippen MR) is 164 cm³/mol. The Bertz CT molecular complexity index is 1380. The Morgan fingerprint density at radius 3 is 2.58 bits per heavy atom. The molecule has 0 amide bonds. The van der Waals surface area contributed by atoms with E-state index in [2.05, 4.69) is 54.0 Å². The van der Waals surface area contributed by atoms with Crippen LogP contribution in [-0.2, 0) is 4.18 Å². The molecule has 214 valence electrons. The summed E-state index contributed by atoms with van der Waals surface area (Å²) in [6, 6.07) is 12.3. The van der Waals surface area contributed by atoms with Gasteiger partial charge in [-0.3, -0.25) is 9.21 Å². The molecule has 6 rings (SSSR count). The average molecular weight is 585 g/mol. The van der Waals surface area contributed by atoms with Crippen molar-refractivity contribution in [3.63, 3.8) is 0 Å². The fourth-order valence-electron chi connectivity index (χ4n) is 5.42. The summed E-state index contributed by atoms with van der Waals surface area (Å²) >= 11 is 1.33. The molecule has 4 aromatic rings. The number of hydrogen-bond donors (Lipinski definition) is 1. The Morgan fingerprint density at radius 2 is 1.85 bits per heavy atom. The largest absolute Gasteiger partial charge is 0.461 e. The van der Waals surface area contributed by atoms with Gasteiger partial charge in [0.2, 0.25) is 17.7 Å². The van der Waals surface area contributed by atoms with Gasteiger partial charge < -0.3 is 24.1 Å². The van der Waals surface area contributed by atoms with Crippen molar-refractivity contribution in [2.45, 2.75) is 12.8 Å². The van der Waals surface area contributed by atoms with Crippen LogP contribution in [0, 0.1) is 5.92 Å². The first-order valence-electron chi connectivity index (χ1n) is 13.3. The molecule has 3 aromatic heterocycles. The number of anilines is 4. The van der Waals surface area contributed by atoms with Crippen LogP contribution >= 0.6 is 25.7 Å². The third-order valence-electron chi connectivity index (χ3n) is 7.42. The minimum Gasteiger partial charge on any atom is -0.461 e. The van der Waals surface area contributed by atoms with Crippen molar-refractivity contribution in [1.82, 2.24) is 29.5 Å². The number of piperidine rings is 1. The summed E-state index contributed by atoms with van der Waals surface area (Å²) in [5, 5.41) is 4.41. The quantitative estimate of drug-likeness (QED) is 0.242. The molecule has 2 N–H and O–H groups in total. The Kier molecular flexibility index (Phi) is 8.88. The number of benzene rings is 1. The summed E-state index contributed by atoms with van der Waals surface area (Å²) in [4.78, 5) is 21.1. The van der Waals surface area contributed by atoms with Gasteiger partial charge >= 0.3 is 0 Å². The van der Waals surface area contributed by atoms with Crippen LogP contribution in [0.4, 0.5) is 23.3 Å². The van der Waals surface area contributed by atoms with Crippen LogP contribution in [0.25, 0.3) is 17.4 Å². The van der Waals surface area contributed by atoms with E-state index in [1.165, 1.54) is 28.9 Å². The molecule has 0 saturated carbocycles. The lowest BCUT2D eigenvalue weighted by Crippen LogP contribution is -2.49. The van der Waals surface area contributed by atoms with Crippen LogP contribution in [0.2, 0.25) is 0 Å². The van der Waals surface area contributed by atoms with Gasteiger partial charge in [-0.05, 0) is 55.2 Å². The second-order valence-electron chi connectivity index (χ2n) is 10.0. The van der Waals surface area contributed by atoms with Gasteiger partial charge in [0.25, 0.3) is 5.78 Å². The number of nitrogens with zero attached hydrogens (tertiary/aromatic N) is 9. The topological polar surface area (TPSA) is 117 Å². The van der Waals surface area contributed by atoms with E-state index < -0.39 is 0 Å². The van der Waals surface area contributed by atoms with Crippen molar-refractivity contribution < 1.29 is 8.60 Å². The van der Waals surface area contributed by atoms with E-state index in [9.17, 15) is 0 Å². The Hall–Kier alpha value is -3.20. The normalized spacial score (nSPS) is 18.2. The highest BCUT2D eigenvalue weighted by Crippen LogP contribution is 2.27. The minimum absolute atomic E-state index is 0. The zero-order valence-electron chi connectivity index (χ0n) is 22.8. The second-order valence-corrected chi connectivity index (χ2v) is 11.0. The Morgan fingerprint density at radius 1 is 1.05 bits per heavy atom. The Labute approximate surface area is 245 Å². The molecule has 40 heavy (non-hydrogen) atoms. The number of nitrogens with two attached hydrogens (primary N) is 1. The molecule has 0 aliphatic carbocycles. The number of hydrogen-bond acceptors (Lipinski definition) is 12. The first kappa shape index (κ1) is 28.3. The van der Waals surface area contributed by atoms with E-state index in [4.69, 9.17) is 19.3 Å². The van der Waals surface area contributed by atoms with Gasteiger partial charge in [0.1, 0.15) is 12.2 Å². The molecule has 2 saturated heterocycles. The standard InChI is InChI=1S/C26H34N10O2S.H2S/c1-32(39-37-2)20-7-9-21(10-8-20)34-14-12-33(13-15-34)17-19-5-3-11-35(18-19)25-29-24(27)36-26(30-25)28-23(31-36)22-6-4-16-38-22;/h4,6-10,16,19H,3,5,11-15,17-18H2,1-2H3,(H2,27,28,29,30,31);1H2. The summed E-state index contributed by atoms with van der Waals surface area (Å²) in [6.45, 7) is 7.06. The summed E-state index contributed by atoms with van der Waals surface area (Å²) in [6.07, 6.45) is 3.90. The number of furan rings is 1. The van der Waals surface area contributed by atoms with Gasteiger partial charge in [0.15, 0.2) is 5.76 Å². The maximum atomic E-state index is 6.24. The number of aromatic nitrogens is 5. The molecule has 0 radical (unpaired) electrons. The fraction of sp³-hybridized carbons (Fsp3) is 0.462. The second kappa shape index (κ2) is 12.5. The van der Waals surface area contributed by atoms with Gasteiger partial charge in [0.05, 0.1) is 13.4 Å². The molecule has 1 unspecified atom stereocenters. The fourth-order valence-corrected chi connectivity index (χ4v) is 5.85. The SMILES string of the molecule is COSN(C)c1ccc(N2CCN(CC3CCCN(c4nc(N)n5nc(-c6ccco6)nc5n4)C3)CC2)cc1.S. The highest BCUT2D eigenvalue weighted by atomic mass is 32.2. The summed E-state index contributed by atoms with van der Waals surface area (Å²) < 4.78 is 14.0. The first-order valence-corrected chi connectivity index (χ1v) is 14.0. The molecule has 2 aliphatic rings. The highest BCUT2D eigenvalue weighted by molar-refractivity contribution is 7.96. The van der Waals surface area contributed by atoms with Gasteiger partial charge in [-0.25, -0.2) is 0 Å². The lowest BCUT2D eigenvalue weighted by molar-refractivity contribution is 0.205. The molecular weight excluding hydrogens is 548 g/mol. The lowest BCUT2D eigenvalue weighted by atomic mass is 9.97. The maximum Gasteiger partial charge on any atom is 0.259 e. The summed E-state index contributed by atoms with van der Waals surface area (Å²) in [5.41, 5.74) is 8.64. The monoisotopic (exact) mass is 584 g/mol. The summed E-state index contributed by atoms with van der Waals surface area (Å²) in [7, 11) is 3.68. The number of fused-ring (bicyclic) bond motifs is 1. The zero-order valence-corrected chi connectivity index (χ0v) is 24.6. The van der Waals surface area contributed by atoms with E-state index in [1.54, 1.807) is 19.4 Å². The minimum atomic E-state index is 0. The van der Waals surface area contributed by atoms with Crippen LogP contribution in [0.3, 0.4) is 0 Å². The van der Waals surface area contributed by atoms with Gasteiger partial charge in [-0.2, -0.15) is 33.0 Å². The van der Waals surface area contributed by atoms with Crippen molar-refractivity contribution in [3.8, 4) is 11.6 Å². The number of nitrogen functional groups attached to an aromatic ring is 1. The molecular formula is C26H36N10O2S2. The summed E-state index contributed by atoms with van der Waals surface area (Å²) in [5.74, 6) is 2.89. The van der Waals surface area contributed by atoms with E-state index in [1.807, 2.05) is 17.4 Å². The smallest absolute Gasteiger partial charge is 0.259 e. The molecule has 2 fully saturated rings. The number of rotatable bonds is 8. The molecule has 2 aliphatic heterocycles. The van der Waals surface area contributed by atoms with Crippen LogP contribution in [-0.4, -0.2) is 89.4 Å². The van der Waals surface area contributed by atoms with Crippen molar-refractivity contribution in [3.05, 3.63) is 42.7 Å². The first-order chi connectivity index (χ1) is 19.1. The molecule has 1 atom stereocenters. The third-order valence-corrected chi connectivity index (χ3v) is 8.00. The molecule has 14 heteroatoms. The molecule has 1 aromatic carbocycles. The number of piperazine rings is 1. The van der Waals surface area contributed by atoms with Crippen molar-refractivity contribution in [1.29, 1.82) is 0 Å². The van der Waals surface area contributed by atoms with E-state index in [-0.39, 0.29) is 19.4 Å². The van der Waals surface area contributed by atoms with Crippen LogP contribution in [0.5, 0.6) is 0 Å². The molecule has 0 spiro atoms. The highest BCUT2D eigenvalue weighted by Gasteiger charge is 2.27. The molecule has 0 bridgehead atoms. The van der Waals surface area contributed by atoms with Crippen molar-refractivity contribution >= 4 is 54.8 Å². The average Bonchev–Trinajstić information content (AvgIpc) is 3.65. The van der Waals surface area contributed by atoms with Crippen molar-refractivity contribution in [2.75, 3.05) is 79.8 Å². The predicted octanol–water partition coefficient (Wildman–Crippen LogP) is 3.16. The Balaban J connectivity index is 0.00000323. The van der Waals surface area contributed by atoms with Crippen molar-refractivity contribution in [2.24, 2.45) is 5.92 Å². The van der Waals surface area contributed by atoms with E-state index >= 15 is 0 Å². The lowest BCUT2D eigenvalue weighted by Gasteiger charge is -2.40. The molecule has 5 heterocycles. The van der Waals surface area contributed by atoms with Gasteiger partial charge in [0, 0.05) is 64.2 Å². The third kappa shape index (κ3) is 6.09. The van der Waals surface area contributed by atoms with E-state index in [0.717, 1.165) is 57.9 Å². The van der Waals surface area contributed by atoms with E-state index in [0.29, 0.717) is 29.2 Å². The van der Waals surface area contributed by atoms with Crippen LogP contribution in [0.1, 0.15) is 12.8 Å². The van der Waals surface area contributed by atoms with Gasteiger partial charge in [-0.15, -0.1) is 5.10 Å². The maximum absolute atomic E-state index is 6.24. The van der Waals surface area contributed by atoms with Gasteiger partial charge in [-0.1, -0.05) is 0 Å². The molecule has 12 nitrogen and oxygen atoms in total. The van der Waals surface area contributed by atoms with Crippen LogP contribution in [0.15, 0.2) is 47.1 Å². The van der Waals surface area contributed by atoms with Crippen LogP contribution < -0.4 is 19.8 Å².